The van der Waals surface area contributed by atoms with Crippen LogP contribution in [0.1, 0.15) is 26.5 Å². The summed E-state index contributed by atoms with van der Waals surface area (Å²) in [6, 6.07) is 6.14. The zero-order valence-corrected chi connectivity index (χ0v) is 7.46. The van der Waals surface area contributed by atoms with E-state index in [1.54, 1.807) is 0 Å². The second kappa shape index (κ2) is 2.57. The van der Waals surface area contributed by atoms with Gasteiger partial charge in [-0.3, -0.25) is 0 Å². The van der Waals surface area contributed by atoms with Gasteiger partial charge in [0.25, 0.3) is 0 Å². The van der Waals surface area contributed by atoms with E-state index in [2.05, 4.69) is 33.9 Å². The standard InChI is InChI=1S/C10H15N/c1-10(2,3)9-7-5-6-8-11(9)4/h5-8H,4H2,1-3H3. The van der Waals surface area contributed by atoms with Crippen LogP contribution in [0.3, 0.4) is 0 Å². The largest absolute Gasteiger partial charge is 0.336 e. The van der Waals surface area contributed by atoms with Gasteiger partial charge in [-0.1, -0.05) is 39.0 Å². The Balaban J connectivity index is 3.14. The topological polar surface area (TPSA) is 3.88 Å². The van der Waals surface area contributed by atoms with E-state index < -0.39 is 0 Å². The number of pyridine rings is 1. The van der Waals surface area contributed by atoms with Gasteiger partial charge >= 0.3 is 0 Å². The minimum Gasteiger partial charge on any atom is -0.336 e. The summed E-state index contributed by atoms with van der Waals surface area (Å²) >= 11 is 0. The maximum Gasteiger partial charge on any atom is 0.0870 e. The third kappa shape index (κ3) is 1.73. The van der Waals surface area contributed by atoms with Gasteiger partial charge in [-0.25, -0.2) is 0 Å². The predicted octanol–water partition coefficient (Wildman–Crippen LogP) is 1.91. The van der Waals surface area contributed by atoms with Gasteiger partial charge in [0.05, 0.1) is 11.9 Å². The van der Waals surface area contributed by atoms with Crippen LogP contribution in [-0.2, 0) is 5.41 Å². The summed E-state index contributed by atoms with van der Waals surface area (Å²) in [5, 5.41) is 0. The lowest BCUT2D eigenvalue weighted by molar-refractivity contribution is -0.624. The number of nitrogens with zero attached hydrogens (tertiary/aromatic N) is 1. The van der Waals surface area contributed by atoms with Gasteiger partial charge in [0.2, 0.25) is 0 Å². The van der Waals surface area contributed by atoms with Crippen LogP contribution in [0, 0.1) is 7.05 Å². The van der Waals surface area contributed by atoms with Crippen LogP contribution in [0.5, 0.6) is 0 Å². The first-order valence-electron chi connectivity index (χ1n) is 3.84. The smallest absolute Gasteiger partial charge is 0.0870 e. The van der Waals surface area contributed by atoms with Crippen LogP contribution in [0.25, 0.3) is 0 Å². The van der Waals surface area contributed by atoms with E-state index in [1.165, 1.54) is 5.69 Å². The third-order valence-electron chi connectivity index (χ3n) is 1.71. The van der Waals surface area contributed by atoms with Crippen molar-refractivity contribution in [1.29, 1.82) is 0 Å². The number of hydrogen-bond donors (Lipinski definition) is 0. The van der Waals surface area contributed by atoms with Gasteiger partial charge in [-0.05, 0) is 0 Å². The average Bonchev–Trinajstić information content (AvgIpc) is 1.86. The minimum absolute atomic E-state index is 0.184. The van der Waals surface area contributed by atoms with E-state index in [0.29, 0.717) is 0 Å². The molecule has 1 rings (SSSR count). The maximum absolute atomic E-state index is 3.90. The molecule has 0 amide bonds. The van der Waals surface area contributed by atoms with Crippen molar-refractivity contribution >= 4 is 0 Å². The Kier molecular flexibility index (Phi) is 1.90. The first-order valence-corrected chi connectivity index (χ1v) is 3.84. The first kappa shape index (κ1) is 8.12. The third-order valence-corrected chi connectivity index (χ3v) is 1.71. The van der Waals surface area contributed by atoms with Gasteiger partial charge < -0.3 is 4.57 Å². The Morgan fingerprint density at radius 3 is 2.27 bits per heavy atom. The molecule has 1 aromatic rings. The molecule has 1 heterocycles. The molecule has 1 heteroatoms. The summed E-state index contributed by atoms with van der Waals surface area (Å²) in [5.74, 6) is 0. The lowest BCUT2D eigenvalue weighted by atomic mass is 9.91. The first-order chi connectivity index (χ1) is 5.02. The van der Waals surface area contributed by atoms with E-state index >= 15 is 0 Å². The van der Waals surface area contributed by atoms with Crippen molar-refractivity contribution in [3.05, 3.63) is 37.1 Å². The number of hydrogen-bond acceptors (Lipinski definition) is 0. The average molecular weight is 149 g/mol. The molecule has 0 radical (unpaired) electrons. The van der Waals surface area contributed by atoms with Gasteiger partial charge in [-0.15, -0.1) is 0 Å². The highest BCUT2D eigenvalue weighted by Crippen LogP contribution is 2.17. The molecule has 0 unspecified atom stereocenters. The van der Waals surface area contributed by atoms with Crippen molar-refractivity contribution in [2.24, 2.45) is 0 Å². The van der Waals surface area contributed by atoms with Crippen LogP contribution in [0.15, 0.2) is 24.4 Å². The predicted molar refractivity (Wildman–Crippen MR) is 46.1 cm³/mol. The maximum atomic E-state index is 3.90. The lowest BCUT2D eigenvalue weighted by Crippen LogP contribution is -2.37. The minimum atomic E-state index is 0.184. The molecule has 60 valence electrons. The van der Waals surface area contributed by atoms with Crippen molar-refractivity contribution in [2.45, 2.75) is 26.2 Å². The Labute approximate surface area is 68.7 Å². The fraction of sp³-hybridized carbons (Fsp3) is 0.400. The molecule has 0 aliphatic heterocycles. The van der Waals surface area contributed by atoms with Gasteiger partial charge in [0.1, 0.15) is 0 Å². The van der Waals surface area contributed by atoms with Crippen molar-refractivity contribution in [1.82, 2.24) is 0 Å². The summed E-state index contributed by atoms with van der Waals surface area (Å²) in [7, 11) is 3.90. The Morgan fingerprint density at radius 1 is 1.27 bits per heavy atom. The monoisotopic (exact) mass is 149 g/mol. The molecule has 0 spiro atoms. The number of rotatable bonds is 0. The van der Waals surface area contributed by atoms with Crippen molar-refractivity contribution in [3.8, 4) is 0 Å². The zero-order chi connectivity index (χ0) is 8.48. The van der Waals surface area contributed by atoms with Crippen LogP contribution in [0.4, 0.5) is 0 Å². The molecule has 11 heavy (non-hydrogen) atoms. The van der Waals surface area contributed by atoms with Crippen LogP contribution in [-0.4, -0.2) is 0 Å². The summed E-state index contributed by atoms with van der Waals surface area (Å²) < 4.78 is 1.92. The second-order valence-electron chi connectivity index (χ2n) is 3.81. The molecule has 0 aromatic carbocycles. The molecule has 1 nitrogen and oxygen atoms in total. The normalized spacial score (nSPS) is 11.5. The van der Waals surface area contributed by atoms with Crippen molar-refractivity contribution in [2.75, 3.05) is 0 Å². The molecule has 0 atom stereocenters. The molecule has 0 N–H and O–H groups in total. The van der Waals surface area contributed by atoms with Crippen LogP contribution < -0.4 is 4.57 Å². The summed E-state index contributed by atoms with van der Waals surface area (Å²) in [6.07, 6.45) is 1.97. The summed E-state index contributed by atoms with van der Waals surface area (Å²) in [4.78, 5) is 0. The van der Waals surface area contributed by atoms with E-state index in [1.807, 2.05) is 22.9 Å². The van der Waals surface area contributed by atoms with Crippen molar-refractivity contribution in [3.63, 3.8) is 0 Å². The summed E-state index contributed by atoms with van der Waals surface area (Å²) in [6.45, 7) is 6.55. The molecule has 0 aliphatic carbocycles. The SMILES string of the molecule is [CH2-][n+]1ccccc1C(C)(C)C. The van der Waals surface area contributed by atoms with Crippen LogP contribution >= 0.6 is 0 Å². The van der Waals surface area contributed by atoms with E-state index in [9.17, 15) is 0 Å². The molecule has 0 bridgehead atoms. The zero-order valence-electron chi connectivity index (χ0n) is 7.46. The number of aromatic nitrogens is 1. The fourth-order valence-corrected chi connectivity index (χ4v) is 1.16. The molecule has 0 saturated carbocycles. The second-order valence-corrected chi connectivity index (χ2v) is 3.81. The van der Waals surface area contributed by atoms with Crippen LogP contribution in [0.2, 0.25) is 0 Å². The van der Waals surface area contributed by atoms with Gasteiger partial charge in [0, 0.05) is 12.5 Å². The van der Waals surface area contributed by atoms with E-state index in [0.717, 1.165) is 0 Å². The Morgan fingerprint density at radius 2 is 1.91 bits per heavy atom. The Bertz CT molecular complexity index is 245. The highest BCUT2D eigenvalue weighted by molar-refractivity contribution is 5.07. The Hall–Kier alpha value is -0.980. The molecule has 0 fully saturated rings. The quantitative estimate of drug-likeness (QED) is 0.392. The molecular weight excluding hydrogens is 134 g/mol. The van der Waals surface area contributed by atoms with E-state index in [-0.39, 0.29) is 5.41 Å². The molecule has 1 aromatic heterocycles. The highest BCUT2D eigenvalue weighted by atomic mass is 14.9. The van der Waals surface area contributed by atoms with Crippen molar-refractivity contribution < 1.29 is 4.57 Å². The molecule has 0 saturated heterocycles. The fourth-order valence-electron chi connectivity index (χ4n) is 1.16. The van der Waals surface area contributed by atoms with E-state index in [4.69, 9.17) is 0 Å². The molecular formula is C10H15N. The van der Waals surface area contributed by atoms with Gasteiger partial charge in [0.15, 0.2) is 0 Å². The molecule has 0 aliphatic rings. The highest BCUT2D eigenvalue weighted by Gasteiger charge is 2.15. The lowest BCUT2D eigenvalue weighted by Gasteiger charge is -2.20. The van der Waals surface area contributed by atoms with Gasteiger partial charge in [-0.2, -0.15) is 0 Å². The summed E-state index contributed by atoms with van der Waals surface area (Å²) in [5.41, 5.74) is 1.43.